The topological polar surface area (TPSA) is 87.3 Å². The third-order valence-electron chi connectivity index (χ3n) is 3.95. The first kappa shape index (κ1) is 19.2. The van der Waals surface area contributed by atoms with Gasteiger partial charge < -0.3 is 16.0 Å². The van der Waals surface area contributed by atoms with E-state index in [0.29, 0.717) is 23.4 Å². The van der Waals surface area contributed by atoms with E-state index in [0.717, 1.165) is 11.1 Å². The van der Waals surface area contributed by atoms with E-state index in [2.05, 4.69) is 16.0 Å². The summed E-state index contributed by atoms with van der Waals surface area (Å²) >= 11 is 0. The van der Waals surface area contributed by atoms with Gasteiger partial charge in [-0.1, -0.05) is 6.07 Å². The number of carbonyl (C=O) groups excluding carboxylic acids is 3. The fraction of sp³-hybridized carbons (Fsp3) is 0.250. The monoisotopic (exact) mass is 353 g/mol. The summed E-state index contributed by atoms with van der Waals surface area (Å²) in [5.74, 6) is -0.797. The lowest BCUT2D eigenvalue weighted by Crippen LogP contribution is -2.32. The summed E-state index contributed by atoms with van der Waals surface area (Å²) in [6, 6.07) is 12.0. The maximum absolute atomic E-state index is 12.1. The largest absolute Gasteiger partial charge is 0.352 e. The van der Waals surface area contributed by atoms with Gasteiger partial charge in [-0.2, -0.15) is 0 Å². The molecule has 0 atom stereocenters. The molecule has 0 aliphatic carbocycles. The molecule has 136 valence electrons. The lowest BCUT2D eigenvalue weighted by Gasteiger charge is -2.09. The summed E-state index contributed by atoms with van der Waals surface area (Å²) < 4.78 is 0. The van der Waals surface area contributed by atoms with Crippen molar-refractivity contribution in [3.05, 3.63) is 64.7 Å². The smallest absolute Gasteiger partial charge is 0.251 e. The second-order valence-corrected chi connectivity index (χ2v) is 5.97. The van der Waals surface area contributed by atoms with Gasteiger partial charge >= 0.3 is 0 Å². The average Bonchev–Trinajstić information content (AvgIpc) is 2.62. The molecule has 3 N–H and O–H groups in total. The highest BCUT2D eigenvalue weighted by Crippen LogP contribution is 2.10. The van der Waals surface area contributed by atoms with E-state index >= 15 is 0 Å². The van der Waals surface area contributed by atoms with Crippen LogP contribution >= 0.6 is 0 Å². The number of anilines is 1. The zero-order chi connectivity index (χ0) is 19.1. The Labute approximate surface area is 153 Å². The molecule has 0 aromatic heterocycles. The number of amides is 3. The molecule has 2 aromatic rings. The Morgan fingerprint density at radius 1 is 0.808 bits per heavy atom. The minimum absolute atomic E-state index is 0.135. The Morgan fingerprint density at radius 2 is 1.42 bits per heavy atom. The van der Waals surface area contributed by atoms with Crippen molar-refractivity contribution in [2.45, 2.75) is 20.8 Å². The average molecular weight is 353 g/mol. The van der Waals surface area contributed by atoms with Crippen LogP contribution in [0.25, 0.3) is 0 Å². The van der Waals surface area contributed by atoms with Crippen LogP contribution < -0.4 is 16.0 Å². The zero-order valence-electron chi connectivity index (χ0n) is 15.2. The van der Waals surface area contributed by atoms with E-state index in [4.69, 9.17) is 0 Å². The fourth-order valence-electron chi connectivity index (χ4n) is 2.32. The summed E-state index contributed by atoms with van der Waals surface area (Å²) in [4.78, 5) is 35.8. The van der Waals surface area contributed by atoms with E-state index in [1.165, 1.54) is 0 Å². The predicted molar refractivity (Wildman–Crippen MR) is 101 cm³/mol. The summed E-state index contributed by atoms with van der Waals surface area (Å²) in [7, 11) is 0. The maximum Gasteiger partial charge on any atom is 0.251 e. The van der Waals surface area contributed by atoms with Crippen molar-refractivity contribution in [2.24, 2.45) is 0 Å². The molecule has 0 fully saturated rings. The summed E-state index contributed by atoms with van der Waals surface area (Å²) in [6.45, 7) is 6.17. The first-order valence-electron chi connectivity index (χ1n) is 8.44. The molecule has 0 radical (unpaired) electrons. The lowest BCUT2D eigenvalue weighted by atomic mass is 10.1. The molecule has 0 unspecified atom stereocenters. The molecule has 6 heteroatoms. The van der Waals surface area contributed by atoms with Gasteiger partial charge in [0, 0.05) is 23.4 Å². The molecule has 0 saturated heterocycles. The van der Waals surface area contributed by atoms with E-state index in [1.54, 1.807) is 36.4 Å². The summed E-state index contributed by atoms with van der Waals surface area (Å²) in [6.07, 6.45) is 0. The van der Waals surface area contributed by atoms with Gasteiger partial charge in [-0.05, 0) is 68.3 Å². The van der Waals surface area contributed by atoms with E-state index in [-0.39, 0.29) is 24.3 Å². The zero-order valence-corrected chi connectivity index (χ0v) is 15.2. The van der Waals surface area contributed by atoms with Crippen molar-refractivity contribution in [1.29, 1.82) is 0 Å². The van der Waals surface area contributed by atoms with E-state index in [9.17, 15) is 14.4 Å². The van der Waals surface area contributed by atoms with Crippen LogP contribution in [-0.4, -0.2) is 30.8 Å². The molecule has 0 aliphatic heterocycles. The number of hydrogen-bond acceptors (Lipinski definition) is 3. The van der Waals surface area contributed by atoms with Gasteiger partial charge in [0.05, 0.1) is 6.54 Å². The summed E-state index contributed by atoms with van der Waals surface area (Å²) in [5.41, 5.74) is 3.73. The van der Waals surface area contributed by atoms with E-state index < -0.39 is 0 Å². The highest BCUT2D eigenvalue weighted by molar-refractivity contribution is 6.00. The van der Waals surface area contributed by atoms with Gasteiger partial charge in [0.25, 0.3) is 11.8 Å². The number of rotatable bonds is 6. The molecule has 6 nitrogen and oxygen atoms in total. The number of nitrogens with one attached hydrogen (secondary N) is 3. The molecule has 3 amide bonds. The van der Waals surface area contributed by atoms with Crippen molar-refractivity contribution in [3.8, 4) is 0 Å². The Kier molecular flexibility index (Phi) is 6.49. The van der Waals surface area contributed by atoms with Crippen LogP contribution in [-0.2, 0) is 4.79 Å². The SMILES string of the molecule is CCNC(=O)c1ccc(NC(=O)CNC(=O)c2ccc(C)c(C)c2)cc1. The second-order valence-electron chi connectivity index (χ2n) is 5.97. The number of benzene rings is 2. The first-order valence-corrected chi connectivity index (χ1v) is 8.44. The molecule has 0 saturated carbocycles. The molecule has 0 aliphatic rings. The molecule has 0 heterocycles. The first-order chi connectivity index (χ1) is 12.4. The number of aryl methyl sites for hydroxylation is 2. The molecule has 26 heavy (non-hydrogen) atoms. The number of carbonyl (C=O) groups is 3. The molecule has 2 aromatic carbocycles. The molecule has 0 spiro atoms. The number of hydrogen-bond donors (Lipinski definition) is 3. The molecule has 2 rings (SSSR count). The predicted octanol–water partition coefficient (Wildman–Crippen LogP) is 2.42. The normalized spacial score (nSPS) is 10.1. The maximum atomic E-state index is 12.1. The van der Waals surface area contributed by atoms with Gasteiger partial charge in [0.2, 0.25) is 5.91 Å². The van der Waals surface area contributed by atoms with Crippen molar-refractivity contribution < 1.29 is 14.4 Å². The fourth-order valence-corrected chi connectivity index (χ4v) is 2.32. The lowest BCUT2D eigenvalue weighted by molar-refractivity contribution is -0.115. The highest BCUT2D eigenvalue weighted by atomic mass is 16.2. The van der Waals surface area contributed by atoms with E-state index in [1.807, 2.05) is 26.8 Å². The molecular formula is C20H23N3O3. The molecular weight excluding hydrogens is 330 g/mol. The van der Waals surface area contributed by atoms with Crippen LogP contribution in [0.3, 0.4) is 0 Å². The van der Waals surface area contributed by atoms with Crippen LogP contribution in [0.1, 0.15) is 38.8 Å². The van der Waals surface area contributed by atoms with Crippen LogP contribution in [0, 0.1) is 13.8 Å². The van der Waals surface area contributed by atoms with Gasteiger partial charge in [-0.15, -0.1) is 0 Å². The molecule has 0 bridgehead atoms. The van der Waals surface area contributed by atoms with Gasteiger partial charge in [0.1, 0.15) is 0 Å². The Bertz CT molecular complexity index is 814. The minimum Gasteiger partial charge on any atom is -0.352 e. The second kappa shape index (κ2) is 8.80. The summed E-state index contributed by atoms with van der Waals surface area (Å²) in [5, 5.41) is 7.98. The van der Waals surface area contributed by atoms with Crippen LogP contribution in [0.4, 0.5) is 5.69 Å². The van der Waals surface area contributed by atoms with Gasteiger partial charge in [-0.3, -0.25) is 14.4 Å². The van der Waals surface area contributed by atoms with Crippen LogP contribution in [0.5, 0.6) is 0 Å². The highest BCUT2D eigenvalue weighted by Gasteiger charge is 2.10. The van der Waals surface area contributed by atoms with Crippen molar-refractivity contribution in [1.82, 2.24) is 10.6 Å². The van der Waals surface area contributed by atoms with Crippen molar-refractivity contribution in [2.75, 3.05) is 18.4 Å². The third-order valence-corrected chi connectivity index (χ3v) is 3.95. The third kappa shape index (κ3) is 5.17. The quantitative estimate of drug-likeness (QED) is 0.745. The van der Waals surface area contributed by atoms with Crippen LogP contribution in [0.15, 0.2) is 42.5 Å². The Hall–Kier alpha value is -3.15. The van der Waals surface area contributed by atoms with Crippen molar-refractivity contribution in [3.63, 3.8) is 0 Å². The van der Waals surface area contributed by atoms with Gasteiger partial charge in [-0.25, -0.2) is 0 Å². The Morgan fingerprint density at radius 3 is 2.04 bits per heavy atom. The van der Waals surface area contributed by atoms with Gasteiger partial charge in [0.15, 0.2) is 0 Å². The minimum atomic E-state index is -0.340. The van der Waals surface area contributed by atoms with Crippen molar-refractivity contribution >= 4 is 23.4 Å². The van der Waals surface area contributed by atoms with Crippen LogP contribution in [0.2, 0.25) is 0 Å². The standard InChI is InChI=1S/C20H23N3O3/c1-4-21-19(25)15-7-9-17(10-8-15)23-18(24)12-22-20(26)16-6-5-13(2)14(3)11-16/h5-11H,4,12H2,1-3H3,(H,21,25)(H,22,26)(H,23,24). The Balaban J connectivity index is 1.87.